The number of hydrogen-bond donors (Lipinski definition) is 0. The number of hydrogen-bond acceptors (Lipinski definition) is 3. The lowest BCUT2D eigenvalue weighted by molar-refractivity contribution is 0.0404. The van der Waals surface area contributed by atoms with Gasteiger partial charge in [0, 0.05) is 18.9 Å². The SMILES string of the molecule is CCOC(=O)N1C[C@H]2C[C@@H]1Oc1ccccc12. The molecule has 3 rings (SSSR count). The quantitative estimate of drug-likeness (QED) is 0.747. The number of nitrogens with zero attached hydrogens (tertiary/aromatic N) is 1. The first-order chi connectivity index (χ1) is 8.29. The van der Waals surface area contributed by atoms with Crippen molar-refractivity contribution in [3.63, 3.8) is 0 Å². The summed E-state index contributed by atoms with van der Waals surface area (Å²) in [6.45, 7) is 2.91. The molecule has 2 aliphatic heterocycles. The van der Waals surface area contributed by atoms with Gasteiger partial charge in [-0.3, -0.25) is 4.90 Å². The minimum atomic E-state index is -0.271. The van der Waals surface area contributed by atoms with E-state index < -0.39 is 0 Å². The second-order valence-electron chi connectivity index (χ2n) is 4.39. The van der Waals surface area contributed by atoms with Crippen molar-refractivity contribution in [2.75, 3.05) is 13.2 Å². The Morgan fingerprint density at radius 1 is 1.53 bits per heavy atom. The molecule has 0 unspecified atom stereocenters. The summed E-state index contributed by atoms with van der Waals surface area (Å²) in [7, 11) is 0. The number of rotatable bonds is 1. The van der Waals surface area contributed by atoms with Crippen molar-refractivity contribution < 1.29 is 14.3 Å². The predicted molar refractivity (Wildman–Crippen MR) is 61.9 cm³/mol. The van der Waals surface area contributed by atoms with Gasteiger partial charge in [0.15, 0.2) is 6.23 Å². The number of fused-ring (bicyclic) bond motifs is 4. The van der Waals surface area contributed by atoms with Crippen LogP contribution in [-0.4, -0.2) is 30.4 Å². The molecule has 1 fully saturated rings. The van der Waals surface area contributed by atoms with Gasteiger partial charge in [-0.2, -0.15) is 0 Å². The van der Waals surface area contributed by atoms with Crippen molar-refractivity contribution in [1.29, 1.82) is 0 Å². The fourth-order valence-corrected chi connectivity index (χ4v) is 2.61. The van der Waals surface area contributed by atoms with Gasteiger partial charge in [-0.05, 0) is 18.6 Å². The van der Waals surface area contributed by atoms with Crippen LogP contribution in [0, 0.1) is 0 Å². The Morgan fingerprint density at radius 2 is 2.35 bits per heavy atom. The van der Waals surface area contributed by atoms with Crippen LogP contribution in [0.5, 0.6) is 5.75 Å². The predicted octanol–water partition coefficient (Wildman–Crippen LogP) is 2.35. The molecule has 0 aromatic heterocycles. The van der Waals surface area contributed by atoms with Crippen LogP contribution in [0.15, 0.2) is 24.3 Å². The molecular weight excluding hydrogens is 218 g/mol. The number of benzene rings is 1. The summed E-state index contributed by atoms with van der Waals surface area (Å²) in [5.74, 6) is 1.29. The van der Waals surface area contributed by atoms with Crippen LogP contribution in [0.2, 0.25) is 0 Å². The Balaban J connectivity index is 1.84. The van der Waals surface area contributed by atoms with Crippen LogP contribution in [0.3, 0.4) is 0 Å². The summed E-state index contributed by atoms with van der Waals surface area (Å²) in [5.41, 5.74) is 1.20. The summed E-state index contributed by atoms with van der Waals surface area (Å²) >= 11 is 0. The van der Waals surface area contributed by atoms with Crippen molar-refractivity contribution in [3.8, 4) is 5.75 Å². The molecule has 0 N–H and O–H groups in total. The summed E-state index contributed by atoms with van der Waals surface area (Å²) < 4.78 is 10.9. The van der Waals surface area contributed by atoms with Crippen molar-refractivity contribution in [2.45, 2.75) is 25.5 Å². The third kappa shape index (κ3) is 1.64. The Labute approximate surface area is 100 Å². The van der Waals surface area contributed by atoms with Gasteiger partial charge in [0.05, 0.1) is 6.61 Å². The highest BCUT2D eigenvalue weighted by Gasteiger charge is 2.42. The normalized spacial score (nSPS) is 25.1. The lowest BCUT2D eigenvalue weighted by Crippen LogP contribution is -2.39. The number of amides is 1. The molecule has 2 atom stereocenters. The average molecular weight is 233 g/mol. The van der Waals surface area contributed by atoms with Crippen LogP contribution in [0.4, 0.5) is 4.79 Å². The summed E-state index contributed by atoms with van der Waals surface area (Å²) in [6.07, 6.45) is 0.442. The lowest BCUT2D eigenvalue weighted by atomic mass is 9.95. The zero-order chi connectivity index (χ0) is 11.8. The standard InChI is InChI=1S/C13H15NO3/c1-2-16-13(15)14-8-9-7-12(14)17-11-6-4-3-5-10(9)11/h3-6,9,12H,2,7-8H2,1H3/t9-,12+/m1/s1. The van der Waals surface area contributed by atoms with Crippen molar-refractivity contribution in [1.82, 2.24) is 4.90 Å². The molecule has 2 heterocycles. The van der Waals surface area contributed by atoms with Gasteiger partial charge in [-0.15, -0.1) is 0 Å². The third-order valence-corrected chi connectivity index (χ3v) is 3.38. The van der Waals surface area contributed by atoms with E-state index in [9.17, 15) is 4.79 Å². The fraction of sp³-hybridized carbons (Fsp3) is 0.462. The molecule has 0 aliphatic carbocycles. The summed E-state index contributed by atoms with van der Waals surface area (Å²) in [4.78, 5) is 13.5. The van der Waals surface area contributed by atoms with E-state index in [1.54, 1.807) is 4.90 Å². The maximum atomic E-state index is 11.8. The van der Waals surface area contributed by atoms with Gasteiger partial charge < -0.3 is 9.47 Å². The maximum Gasteiger partial charge on any atom is 0.412 e. The lowest BCUT2D eigenvalue weighted by Gasteiger charge is -2.26. The second kappa shape index (κ2) is 3.95. The number of para-hydroxylation sites is 1. The highest BCUT2D eigenvalue weighted by atomic mass is 16.6. The number of ether oxygens (including phenoxy) is 2. The Bertz CT molecular complexity index is 446. The molecule has 1 saturated heterocycles. The summed E-state index contributed by atoms with van der Waals surface area (Å²) in [5, 5.41) is 0. The van der Waals surface area contributed by atoms with Gasteiger partial charge in [0.2, 0.25) is 0 Å². The minimum Gasteiger partial charge on any atom is -0.470 e. The molecule has 4 heteroatoms. The molecule has 17 heavy (non-hydrogen) atoms. The highest BCUT2D eigenvalue weighted by molar-refractivity contribution is 5.69. The second-order valence-corrected chi connectivity index (χ2v) is 4.39. The van der Waals surface area contributed by atoms with E-state index in [1.807, 2.05) is 25.1 Å². The van der Waals surface area contributed by atoms with E-state index in [0.717, 1.165) is 12.2 Å². The Morgan fingerprint density at radius 3 is 3.18 bits per heavy atom. The molecule has 2 aliphatic rings. The van der Waals surface area contributed by atoms with E-state index in [4.69, 9.17) is 9.47 Å². The van der Waals surface area contributed by atoms with E-state index in [-0.39, 0.29) is 12.3 Å². The topological polar surface area (TPSA) is 38.8 Å². The van der Waals surface area contributed by atoms with Crippen LogP contribution >= 0.6 is 0 Å². The molecule has 2 bridgehead atoms. The third-order valence-electron chi connectivity index (χ3n) is 3.38. The van der Waals surface area contributed by atoms with Gasteiger partial charge in [0.25, 0.3) is 0 Å². The maximum absolute atomic E-state index is 11.8. The molecule has 1 aromatic rings. The van der Waals surface area contributed by atoms with Crippen molar-refractivity contribution >= 4 is 6.09 Å². The van der Waals surface area contributed by atoms with Gasteiger partial charge >= 0.3 is 6.09 Å². The van der Waals surface area contributed by atoms with E-state index >= 15 is 0 Å². The smallest absolute Gasteiger partial charge is 0.412 e. The van der Waals surface area contributed by atoms with Crippen LogP contribution in [-0.2, 0) is 4.74 Å². The number of likely N-dealkylation sites (tertiary alicyclic amines) is 1. The van der Waals surface area contributed by atoms with E-state index in [0.29, 0.717) is 19.1 Å². The zero-order valence-corrected chi connectivity index (χ0v) is 9.76. The van der Waals surface area contributed by atoms with Crippen molar-refractivity contribution in [3.05, 3.63) is 29.8 Å². The first kappa shape index (κ1) is 10.4. The fourth-order valence-electron chi connectivity index (χ4n) is 2.61. The number of carbonyl (C=O) groups is 1. The van der Waals surface area contributed by atoms with Crippen molar-refractivity contribution in [2.24, 2.45) is 0 Å². The largest absolute Gasteiger partial charge is 0.470 e. The first-order valence-electron chi connectivity index (χ1n) is 5.98. The van der Waals surface area contributed by atoms with Crippen LogP contribution in [0.1, 0.15) is 24.8 Å². The Kier molecular flexibility index (Phi) is 2.42. The molecule has 4 nitrogen and oxygen atoms in total. The van der Waals surface area contributed by atoms with Gasteiger partial charge in [-0.1, -0.05) is 18.2 Å². The summed E-state index contributed by atoms with van der Waals surface area (Å²) in [6, 6.07) is 8.00. The molecule has 90 valence electrons. The van der Waals surface area contributed by atoms with Crippen LogP contribution < -0.4 is 4.74 Å². The highest BCUT2D eigenvalue weighted by Crippen LogP contribution is 2.42. The average Bonchev–Trinajstić information content (AvgIpc) is 2.68. The first-order valence-corrected chi connectivity index (χ1v) is 5.98. The molecule has 0 spiro atoms. The zero-order valence-electron chi connectivity index (χ0n) is 9.76. The van der Waals surface area contributed by atoms with Crippen LogP contribution in [0.25, 0.3) is 0 Å². The minimum absolute atomic E-state index is 0.158. The van der Waals surface area contributed by atoms with Gasteiger partial charge in [-0.25, -0.2) is 4.79 Å². The Hall–Kier alpha value is -1.71. The number of carbonyl (C=O) groups excluding carboxylic acids is 1. The molecule has 1 aromatic carbocycles. The van der Waals surface area contributed by atoms with Gasteiger partial charge in [0.1, 0.15) is 5.75 Å². The van der Waals surface area contributed by atoms with E-state index in [1.165, 1.54) is 5.56 Å². The molecule has 0 saturated carbocycles. The molecule has 1 amide bonds. The molecule has 0 radical (unpaired) electrons. The molecular formula is C13H15NO3. The monoisotopic (exact) mass is 233 g/mol. The van der Waals surface area contributed by atoms with E-state index in [2.05, 4.69) is 6.07 Å².